The highest BCUT2D eigenvalue weighted by molar-refractivity contribution is 9.10. The molecule has 0 aliphatic heterocycles. The first-order valence-electron chi connectivity index (χ1n) is 5.31. The van der Waals surface area contributed by atoms with E-state index in [1.807, 2.05) is 30.3 Å². The van der Waals surface area contributed by atoms with Crippen molar-refractivity contribution in [3.63, 3.8) is 0 Å². The molecule has 1 N–H and O–H groups in total. The Morgan fingerprint density at radius 1 is 1.28 bits per heavy atom. The second-order valence-electron chi connectivity index (χ2n) is 3.61. The first-order chi connectivity index (χ1) is 8.70. The third-order valence-electron chi connectivity index (χ3n) is 2.30. The van der Waals surface area contributed by atoms with E-state index in [2.05, 4.69) is 15.9 Å². The van der Waals surface area contributed by atoms with Crippen LogP contribution in [0.15, 0.2) is 50.3 Å². The van der Waals surface area contributed by atoms with Crippen LogP contribution in [0.1, 0.15) is 11.3 Å². The van der Waals surface area contributed by atoms with E-state index in [1.165, 1.54) is 6.07 Å². The molecule has 0 unspecified atom stereocenters. The quantitative estimate of drug-likeness (QED) is 0.942. The molecular weight excluding hydrogens is 300 g/mol. The Bertz CT molecular complexity index is 577. The lowest BCUT2D eigenvalue weighted by atomic mass is 10.2. The first-order valence-corrected chi connectivity index (χ1v) is 6.10. The molecule has 0 aliphatic carbocycles. The van der Waals surface area contributed by atoms with Crippen LogP contribution < -0.4 is 10.2 Å². The van der Waals surface area contributed by atoms with Gasteiger partial charge in [-0.1, -0.05) is 30.3 Å². The van der Waals surface area contributed by atoms with Crippen molar-refractivity contribution in [1.29, 1.82) is 0 Å². The number of ether oxygens (including phenoxy) is 1. The average molecular weight is 311 g/mol. The summed E-state index contributed by atoms with van der Waals surface area (Å²) in [5.41, 5.74) is 0.628. The summed E-state index contributed by atoms with van der Waals surface area (Å²) in [4.78, 5) is 11.7. The van der Waals surface area contributed by atoms with Crippen molar-refractivity contribution >= 4 is 15.9 Å². The third kappa shape index (κ3) is 3.00. The number of aliphatic hydroxyl groups is 1. The maximum absolute atomic E-state index is 11.7. The fourth-order valence-electron chi connectivity index (χ4n) is 1.44. The van der Waals surface area contributed by atoms with E-state index in [0.29, 0.717) is 0 Å². The molecule has 0 bridgehead atoms. The summed E-state index contributed by atoms with van der Waals surface area (Å²) in [5.74, 6) is 0.301. The smallest absolute Gasteiger partial charge is 0.228 e. The van der Waals surface area contributed by atoms with Crippen molar-refractivity contribution in [1.82, 2.24) is 0 Å². The summed E-state index contributed by atoms with van der Waals surface area (Å²) < 4.78 is 10.8. The maximum Gasteiger partial charge on any atom is 0.228 e. The van der Waals surface area contributed by atoms with Gasteiger partial charge in [-0.2, -0.15) is 0 Å². The zero-order chi connectivity index (χ0) is 13.0. The van der Waals surface area contributed by atoms with Crippen LogP contribution in [-0.2, 0) is 13.2 Å². The van der Waals surface area contributed by atoms with Gasteiger partial charge < -0.3 is 14.3 Å². The number of benzene rings is 1. The van der Waals surface area contributed by atoms with Gasteiger partial charge in [-0.3, -0.25) is 4.79 Å². The first kappa shape index (κ1) is 12.9. The number of hydrogen-bond acceptors (Lipinski definition) is 4. The van der Waals surface area contributed by atoms with Crippen molar-refractivity contribution in [3.8, 4) is 5.75 Å². The summed E-state index contributed by atoms with van der Waals surface area (Å²) in [6, 6.07) is 10.7. The van der Waals surface area contributed by atoms with Gasteiger partial charge in [0.05, 0.1) is 0 Å². The van der Waals surface area contributed by atoms with Crippen LogP contribution in [0.4, 0.5) is 0 Å². The van der Waals surface area contributed by atoms with Crippen LogP contribution in [0.25, 0.3) is 0 Å². The predicted octanol–water partition coefficient (Wildman–Crippen LogP) is 2.47. The van der Waals surface area contributed by atoms with Crippen LogP contribution in [0.3, 0.4) is 0 Å². The molecule has 1 heterocycles. The molecule has 0 saturated carbocycles. The van der Waals surface area contributed by atoms with E-state index < -0.39 is 0 Å². The lowest BCUT2D eigenvalue weighted by Gasteiger charge is -2.07. The van der Waals surface area contributed by atoms with Crippen molar-refractivity contribution in [2.45, 2.75) is 13.2 Å². The molecule has 4 nitrogen and oxygen atoms in total. The third-order valence-corrected chi connectivity index (χ3v) is 2.82. The zero-order valence-electron chi connectivity index (χ0n) is 9.43. The fourth-order valence-corrected chi connectivity index (χ4v) is 1.95. The van der Waals surface area contributed by atoms with Crippen molar-refractivity contribution in [2.75, 3.05) is 0 Å². The highest BCUT2D eigenvalue weighted by Gasteiger charge is 2.11. The van der Waals surface area contributed by atoms with Gasteiger partial charge in [0.25, 0.3) is 0 Å². The van der Waals surface area contributed by atoms with Gasteiger partial charge in [0, 0.05) is 6.07 Å². The number of aliphatic hydroxyl groups excluding tert-OH is 1. The molecular formula is C13H11BrO4. The minimum absolute atomic E-state index is 0.107. The van der Waals surface area contributed by atoms with Gasteiger partial charge in [0.15, 0.2) is 0 Å². The van der Waals surface area contributed by atoms with E-state index in [4.69, 9.17) is 14.3 Å². The molecule has 0 atom stereocenters. The van der Waals surface area contributed by atoms with E-state index in [0.717, 1.165) is 5.56 Å². The molecule has 2 aromatic rings. The second kappa shape index (κ2) is 5.84. The molecule has 94 valence electrons. The van der Waals surface area contributed by atoms with Crippen LogP contribution in [-0.4, -0.2) is 5.11 Å². The molecule has 0 radical (unpaired) electrons. The number of halogens is 1. The van der Waals surface area contributed by atoms with Gasteiger partial charge in [0.1, 0.15) is 19.0 Å². The van der Waals surface area contributed by atoms with E-state index >= 15 is 0 Å². The van der Waals surface area contributed by atoms with Gasteiger partial charge >= 0.3 is 0 Å². The Hall–Kier alpha value is -1.59. The standard InChI is InChI=1S/C13H11BrO4/c14-13-12(11(16)6-10(7-15)18-13)17-8-9-4-2-1-3-5-9/h1-6,15H,7-8H2. The Morgan fingerprint density at radius 2 is 2.00 bits per heavy atom. The summed E-state index contributed by atoms with van der Waals surface area (Å²) in [6.07, 6.45) is 0. The minimum Gasteiger partial charge on any atom is -0.481 e. The molecule has 18 heavy (non-hydrogen) atoms. The van der Waals surface area contributed by atoms with Crippen molar-refractivity contribution in [2.24, 2.45) is 0 Å². The Labute approximate surface area is 112 Å². The van der Waals surface area contributed by atoms with E-state index in [1.54, 1.807) is 0 Å². The molecule has 0 spiro atoms. The molecule has 0 fully saturated rings. The monoisotopic (exact) mass is 310 g/mol. The molecule has 1 aromatic carbocycles. The van der Waals surface area contributed by atoms with Gasteiger partial charge in [-0.25, -0.2) is 0 Å². The topological polar surface area (TPSA) is 59.7 Å². The molecule has 1 aromatic heterocycles. The minimum atomic E-state index is -0.327. The molecule has 0 aliphatic rings. The number of hydrogen-bond donors (Lipinski definition) is 1. The van der Waals surface area contributed by atoms with Gasteiger partial charge in [0.2, 0.25) is 15.8 Å². The maximum atomic E-state index is 11.7. The summed E-state index contributed by atoms with van der Waals surface area (Å²) >= 11 is 3.11. The average Bonchev–Trinajstić information content (AvgIpc) is 2.38. The SMILES string of the molecule is O=c1cc(CO)oc(Br)c1OCc1ccccc1. The number of rotatable bonds is 4. The van der Waals surface area contributed by atoms with Crippen molar-refractivity contribution < 1.29 is 14.3 Å². The Balaban J connectivity index is 2.17. The Morgan fingerprint density at radius 3 is 2.61 bits per heavy atom. The summed E-state index contributed by atoms with van der Waals surface area (Å²) in [6.45, 7) is -0.0462. The van der Waals surface area contributed by atoms with Crippen molar-refractivity contribution in [3.05, 3.63) is 62.6 Å². The molecule has 5 heteroatoms. The molecule has 0 amide bonds. The van der Waals surface area contributed by atoms with Gasteiger partial charge in [-0.05, 0) is 21.5 Å². The summed E-state index contributed by atoms with van der Waals surface area (Å²) in [5, 5.41) is 8.89. The van der Waals surface area contributed by atoms with E-state index in [-0.39, 0.29) is 34.8 Å². The van der Waals surface area contributed by atoms with E-state index in [9.17, 15) is 4.79 Å². The fraction of sp³-hybridized carbons (Fsp3) is 0.154. The largest absolute Gasteiger partial charge is 0.481 e. The lowest BCUT2D eigenvalue weighted by molar-refractivity contribution is 0.231. The second-order valence-corrected chi connectivity index (χ2v) is 4.33. The van der Waals surface area contributed by atoms with Crippen LogP contribution in [0.5, 0.6) is 5.75 Å². The lowest BCUT2D eigenvalue weighted by Crippen LogP contribution is -2.09. The highest BCUT2D eigenvalue weighted by atomic mass is 79.9. The predicted molar refractivity (Wildman–Crippen MR) is 69.4 cm³/mol. The van der Waals surface area contributed by atoms with Gasteiger partial charge in [-0.15, -0.1) is 0 Å². The highest BCUT2D eigenvalue weighted by Crippen LogP contribution is 2.22. The Kier molecular flexibility index (Phi) is 4.17. The zero-order valence-corrected chi connectivity index (χ0v) is 11.0. The normalized spacial score (nSPS) is 10.3. The molecule has 0 saturated heterocycles. The summed E-state index contributed by atoms with van der Waals surface area (Å²) in [7, 11) is 0. The van der Waals surface area contributed by atoms with Crippen LogP contribution in [0.2, 0.25) is 0 Å². The molecule has 2 rings (SSSR count). The van der Waals surface area contributed by atoms with Crippen LogP contribution in [0, 0.1) is 0 Å². The van der Waals surface area contributed by atoms with Crippen LogP contribution >= 0.6 is 15.9 Å².